The van der Waals surface area contributed by atoms with Crippen molar-refractivity contribution < 1.29 is 4.79 Å². The molecule has 2 aromatic carbocycles. The lowest BCUT2D eigenvalue weighted by Crippen LogP contribution is -2.12. The van der Waals surface area contributed by atoms with Gasteiger partial charge in [-0.15, -0.1) is 0 Å². The van der Waals surface area contributed by atoms with E-state index in [4.69, 9.17) is 11.6 Å². The first-order valence-electron chi connectivity index (χ1n) is 7.22. The van der Waals surface area contributed by atoms with Gasteiger partial charge in [-0.1, -0.05) is 37.6 Å². The Kier molecular flexibility index (Phi) is 3.90. The van der Waals surface area contributed by atoms with Crippen LogP contribution in [0, 0.1) is 0 Å². The van der Waals surface area contributed by atoms with E-state index in [0.29, 0.717) is 16.6 Å². The summed E-state index contributed by atoms with van der Waals surface area (Å²) in [5, 5.41) is 4.48. The van der Waals surface area contributed by atoms with Crippen molar-refractivity contribution in [1.82, 2.24) is 4.98 Å². The van der Waals surface area contributed by atoms with Gasteiger partial charge in [-0.05, 0) is 47.9 Å². The third-order valence-electron chi connectivity index (χ3n) is 3.66. The Balaban J connectivity index is 1.80. The number of rotatable bonds is 3. The number of amides is 1. The number of hydrogen-bond acceptors (Lipinski definition) is 1. The predicted octanol–water partition coefficient (Wildman–Crippen LogP) is 5.20. The molecule has 0 atom stereocenters. The molecule has 3 nitrogen and oxygen atoms in total. The molecular formula is C18H17ClN2O. The summed E-state index contributed by atoms with van der Waals surface area (Å²) in [5.74, 6) is 0.313. The lowest BCUT2D eigenvalue weighted by Gasteiger charge is -2.07. The normalized spacial score (nSPS) is 11.1. The van der Waals surface area contributed by atoms with E-state index >= 15 is 0 Å². The van der Waals surface area contributed by atoms with Crippen LogP contribution in [0.1, 0.15) is 35.8 Å². The minimum absolute atomic E-state index is 0.162. The summed E-state index contributed by atoms with van der Waals surface area (Å²) in [5.41, 5.74) is 3.44. The summed E-state index contributed by atoms with van der Waals surface area (Å²) in [4.78, 5) is 15.4. The Bertz CT molecular complexity index is 819. The number of benzene rings is 2. The Morgan fingerprint density at radius 3 is 2.50 bits per heavy atom. The van der Waals surface area contributed by atoms with E-state index in [-0.39, 0.29) is 5.91 Å². The number of carbonyl (C=O) groups is 1. The molecule has 4 heteroatoms. The predicted molar refractivity (Wildman–Crippen MR) is 91.8 cm³/mol. The first-order valence-corrected chi connectivity index (χ1v) is 7.60. The van der Waals surface area contributed by atoms with Crippen LogP contribution in [-0.2, 0) is 0 Å². The molecule has 112 valence electrons. The average molecular weight is 313 g/mol. The van der Waals surface area contributed by atoms with Crippen LogP contribution in [-0.4, -0.2) is 10.9 Å². The zero-order valence-electron chi connectivity index (χ0n) is 12.5. The van der Waals surface area contributed by atoms with Crippen molar-refractivity contribution >= 4 is 34.1 Å². The molecule has 0 unspecified atom stereocenters. The van der Waals surface area contributed by atoms with E-state index in [9.17, 15) is 4.79 Å². The molecule has 2 N–H and O–H groups in total. The molecular weight excluding hydrogens is 296 g/mol. The molecule has 0 radical (unpaired) electrons. The number of halogens is 1. The summed E-state index contributed by atoms with van der Waals surface area (Å²) in [6.07, 6.45) is 0. The van der Waals surface area contributed by atoms with Gasteiger partial charge in [-0.25, -0.2) is 0 Å². The fourth-order valence-corrected chi connectivity index (χ4v) is 2.56. The lowest BCUT2D eigenvalue weighted by atomic mass is 10.0. The van der Waals surface area contributed by atoms with Gasteiger partial charge in [0, 0.05) is 21.6 Å². The van der Waals surface area contributed by atoms with Crippen LogP contribution in [0.5, 0.6) is 0 Å². The third kappa shape index (κ3) is 3.00. The molecule has 0 aliphatic rings. The van der Waals surface area contributed by atoms with Gasteiger partial charge in [0.2, 0.25) is 0 Å². The van der Waals surface area contributed by atoms with E-state index < -0.39 is 0 Å². The molecule has 1 amide bonds. The number of aromatic amines is 1. The number of anilines is 1. The fraction of sp³-hybridized carbons (Fsp3) is 0.167. The molecule has 1 heterocycles. The van der Waals surface area contributed by atoms with Gasteiger partial charge in [-0.2, -0.15) is 0 Å². The molecule has 0 aliphatic carbocycles. The van der Waals surface area contributed by atoms with E-state index in [2.05, 4.69) is 24.1 Å². The van der Waals surface area contributed by atoms with Gasteiger partial charge in [0.1, 0.15) is 5.69 Å². The van der Waals surface area contributed by atoms with Crippen LogP contribution in [0.25, 0.3) is 10.9 Å². The molecule has 0 spiro atoms. The zero-order chi connectivity index (χ0) is 15.7. The summed E-state index contributed by atoms with van der Waals surface area (Å²) in [7, 11) is 0. The van der Waals surface area contributed by atoms with Crippen molar-refractivity contribution in [2.24, 2.45) is 0 Å². The SMILES string of the molecule is CC(C)c1ccc(NC(=O)c2cc3cc(Cl)ccc3[nH]2)cc1. The second-order valence-electron chi connectivity index (χ2n) is 5.65. The summed E-state index contributed by atoms with van der Waals surface area (Å²) in [6.45, 7) is 4.28. The van der Waals surface area contributed by atoms with Crippen LogP contribution in [0.15, 0.2) is 48.5 Å². The Labute approximate surface area is 134 Å². The number of H-pyrrole nitrogens is 1. The number of carbonyl (C=O) groups excluding carboxylic acids is 1. The van der Waals surface area contributed by atoms with Crippen molar-refractivity contribution in [2.75, 3.05) is 5.32 Å². The van der Waals surface area contributed by atoms with E-state index in [1.807, 2.05) is 36.4 Å². The highest BCUT2D eigenvalue weighted by Gasteiger charge is 2.10. The largest absolute Gasteiger partial charge is 0.351 e. The Morgan fingerprint density at radius 1 is 1.09 bits per heavy atom. The minimum atomic E-state index is -0.162. The van der Waals surface area contributed by atoms with Gasteiger partial charge < -0.3 is 10.3 Å². The lowest BCUT2D eigenvalue weighted by molar-refractivity contribution is 0.102. The summed E-state index contributed by atoms with van der Waals surface area (Å²) in [6, 6.07) is 15.2. The maximum atomic E-state index is 12.3. The number of fused-ring (bicyclic) bond motifs is 1. The molecule has 0 fully saturated rings. The van der Waals surface area contributed by atoms with Crippen molar-refractivity contribution in [3.8, 4) is 0 Å². The highest BCUT2D eigenvalue weighted by molar-refractivity contribution is 6.31. The second-order valence-corrected chi connectivity index (χ2v) is 6.08. The molecule has 0 aliphatic heterocycles. The maximum Gasteiger partial charge on any atom is 0.272 e. The third-order valence-corrected chi connectivity index (χ3v) is 3.90. The van der Waals surface area contributed by atoms with Gasteiger partial charge in [0.15, 0.2) is 0 Å². The van der Waals surface area contributed by atoms with Crippen molar-refractivity contribution in [3.63, 3.8) is 0 Å². The Hall–Kier alpha value is -2.26. The van der Waals surface area contributed by atoms with Crippen molar-refractivity contribution in [3.05, 3.63) is 64.8 Å². The van der Waals surface area contributed by atoms with Crippen LogP contribution in [0.3, 0.4) is 0 Å². The first-order chi connectivity index (χ1) is 10.5. The average Bonchev–Trinajstić information content (AvgIpc) is 2.91. The van der Waals surface area contributed by atoms with Crippen LogP contribution in [0.4, 0.5) is 5.69 Å². The quantitative estimate of drug-likeness (QED) is 0.686. The van der Waals surface area contributed by atoms with Crippen LogP contribution < -0.4 is 5.32 Å². The van der Waals surface area contributed by atoms with Gasteiger partial charge in [0.05, 0.1) is 0 Å². The van der Waals surface area contributed by atoms with Crippen LogP contribution >= 0.6 is 11.6 Å². The number of nitrogens with one attached hydrogen (secondary N) is 2. The fourth-order valence-electron chi connectivity index (χ4n) is 2.38. The topological polar surface area (TPSA) is 44.9 Å². The zero-order valence-corrected chi connectivity index (χ0v) is 13.2. The van der Waals surface area contributed by atoms with E-state index in [1.165, 1.54) is 5.56 Å². The maximum absolute atomic E-state index is 12.3. The molecule has 3 aromatic rings. The first kappa shape index (κ1) is 14.7. The smallest absolute Gasteiger partial charge is 0.272 e. The molecule has 3 rings (SSSR count). The molecule has 22 heavy (non-hydrogen) atoms. The van der Waals surface area contributed by atoms with Gasteiger partial charge in [-0.3, -0.25) is 4.79 Å². The monoisotopic (exact) mass is 312 g/mol. The molecule has 0 bridgehead atoms. The minimum Gasteiger partial charge on any atom is -0.351 e. The molecule has 0 saturated heterocycles. The standard InChI is InChI=1S/C18H17ClN2O/c1-11(2)12-3-6-15(7-4-12)20-18(22)17-10-13-9-14(19)5-8-16(13)21-17/h3-11,21H,1-2H3,(H,20,22). The molecule has 0 saturated carbocycles. The van der Waals surface area contributed by atoms with Gasteiger partial charge >= 0.3 is 0 Å². The number of aromatic nitrogens is 1. The van der Waals surface area contributed by atoms with Crippen molar-refractivity contribution in [1.29, 1.82) is 0 Å². The summed E-state index contributed by atoms with van der Waals surface area (Å²) < 4.78 is 0. The second kappa shape index (κ2) is 5.85. The molecule has 1 aromatic heterocycles. The van der Waals surface area contributed by atoms with Crippen molar-refractivity contribution in [2.45, 2.75) is 19.8 Å². The van der Waals surface area contributed by atoms with E-state index in [1.54, 1.807) is 12.1 Å². The highest BCUT2D eigenvalue weighted by Crippen LogP contribution is 2.21. The Morgan fingerprint density at radius 2 is 1.82 bits per heavy atom. The highest BCUT2D eigenvalue weighted by atomic mass is 35.5. The van der Waals surface area contributed by atoms with Gasteiger partial charge in [0.25, 0.3) is 5.91 Å². The summed E-state index contributed by atoms with van der Waals surface area (Å²) >= 11 is 5.96. The van der Waals surface area contributed by atoms with E-state index in [0.717, 1.165) is 16.6 Å². The van der Waals surface area contributed by atoms with Crippen LogP contribution in [0.2, 0.25) is 5.02 Å². The number of hydrogen-bond donors (Lipinski definition) is 2.